The molecule has 0 radical (unpaired) electrons. The largest absolute Gasteiger partial charge is 0.479 e. The smallest absolute Gasteiger partial charge is 0.405 e. The molecule has 5 nitrogen and oxygen atoms in total. The maximum absolute atomic E-state index is 12.1. The number of aliphatic carboxylic acids is 1. The lowest BCUT2D eigenvalue weighted by atomic mass is 9.93. The van der Waals surface area contributed by atoms with Crippen molar-refractivity contribution in [2.45, 2.75) is 18.6 Å². The summed E-state index contributed by atoms with van der Waals surface area (Å²) in [6.45, 7) is -1.44. The van der Waals surface area contributed by atoms with Crippen LogP contribution in [0.15, 0.2) is 24.3 Å². The number of carboxylic acid groups (broad SMARTS) is 1. The van der Waals surface area contributed by atoms with Crippen LogP contribution < -0.4 is 5.32 Å². The molecule has 0 bridgehead atoms. The van der Waals surface area contributed by atoms with Gasteiger partial charge in [-0.1, -0.05) is 24.3 Å². The van der Waals surface area contributed by atoms with Gasteiger partial charge >= 0.3 is 18.2 Å². The molecule has 1 unspecified atom stereocenters. The molecule has 0 saturated heterocycles. The van der Waals surface area contributed by atoms with Gasteiger partial charge in [0.05, 0.1) is 0 Å². The summed E-state index contributed by atoms with van der Waals surface area (Å²) < 4.78 is 36.4. The van der Waals surface area contributed by atoms with Crippen LogP contribution in [0, 0.1) is 0 Å². The van der Waals surface area contributed by atoms with E-state index in [2.05, 4.69) is 0 Å². The highest BCUT2D eigenvalue weighted by atomic mass is 19.4. The van der Waals surface area contributed by atoms with Gasteiger partial charge in [-0.15, -0.1) is 0 Å². The lowest BCUT2D eigenvalue weighted by Crippen LogP contribution is -2.49. The lowest BCUT2D eigenvalue weighted by Gasteiger charge is -2.34. The average molecular weight is 302 g/mol. The fourth-order valence-electron chi connectivity index (χ4n) is 2.33. The number of hydrogen-bond donors (Lipinski definition) is 2. The van der Waals surface area contributed by atoms with Gasteiger partial charge in [-0.25, -0.2) is 9.59 Å². The van der Waals surface area contributed by atoms with Gasteiger partial charge in [0, 0.05) is 6.54 Å². The molecule has 1 aliphatic rings. The Hall–Kier alpha value is -2.25. The van der Waals surface area contributed by atoms with Crippen molar-refractivity contribution >= 4 is 12.0 Å². The van der Waals surface area contributed by atoms with Crippen LogP contribution in [0.25, 0.3) is 0 Å². The second-order valence-corrected chi connectivity index (χ2v) is 4.66. The highest BCUT2D eigenvalue weighted by Gasteiger charge is 2.37. The fraction of sp³-hybridized carbons (Fsp3) is 0.385. The third kappa shape index (κ3) is 3.45. The minimum atomic E-state index is -4.54. The summed E-state index contributed by atoms with van der Waals surface area (Å²) in [5.74, 6) is -1.27. The topological polar surface area (TPSA) is 69.6 Å². The standard InChI is InChI=1S/C13H13F3N2O3/c14-13(15,16)7-17-12(21)18-6-5-8-3-1-2-4-9(8)10(18)11(19)20/h1-4,10H,5-7H2,(H,17,21)(H,19,20). The number of nitrogens with zero attached hydrogens (tertiary/aromatic N) is 1. The molecule has 0 saturated carbocycles. The monoisotopic (exact) mass is 302 g/mol. The van der Waals surface area contributed by atoms with E-state index < -0.39 is 30.8 Å². The number of halogens is 3. The molecule has 1 aromatic rings. The summed E-state index contributed by atoms with van der Waals surface area (Å²) in [5.41, 5.74) is 1.21. The number of fused-ring (bicyclic) bond motifs is 1. The maximum atomic E-state index is 12.1. The van der Waals surface area contributed by atoms with Crippen LogP contribution >= 0.6 is 0 Å². The van der Waals surface area contributed by atoms with Crippen LogP contribution in [-0.4, -0.2) is 41.3 Å². The van der Waals surface area contributed by atoms with Gasteiger partial charge in [-0.3, -0.25) is 0 Å². The summed E-state index contributed by atoms with van der Waals surface area (Å²) in [6, 6.07) is 4.38. The molecule has 0 fully saturated rings. The highest BCUT2D eigenvalue weighted by Crippen LogP contribution is 2.30. The molecular weight excluding hydrogens is 289 g/mol. The van der Waals surface area contributed by atoms with E-state index in [-0.39, 0.29) is 6.54 Å². The Morgan fingerprint density at radius 1 is 1.33 bits per heavy atom. The number of carbonyl (C=O) groups is 2. The molecular formula is C13H13F3N2O3. The van der Waals surface area contributed by atoms with Gasteiger partial charge in [0.25, 0.3) is 0 Å². The third-order valence-electron chi connectivity index (χ3n) is 3.22. The predicted octanol–water partition coefficient (Wildman–Crippen LogP) is 1.94. The van der Waals surface area contributed by atoms with Crippen LogP contribution in [0.2, 0.25) is 0 Å². The van der Waals surface area contributed by atoms with E-state index >= 15 is 0 Å². The third-order valence-corrected chi connectivity index (χ3v) is 3.22. The zero-order chi connectivity index (χ0) is 15.6. The second kappa shape index (κ2) is 5.63. The molecule has 1 aromatic carbocycles. The molecule has 1 heterocycles. The molecule has 1 atom stereocenters. The van der Waals surface area contributed by atoms with Crippen molar-refractivity contribution < 1.29 is 27.9 Å². The van der Waals surface area contributed by atoms with E-state index in [9.17, 15) is 27.9 Å². The van der Waals surface area contributed by atoms with E-state index in [1.165, 1.54) is 0 Å². The minimum absolute atomic E-state index is 0.0532. The average Bonchev–Trinajstić information content (AvgIpc) is 2.42. The van der Waals surface area contributed by atoms with E-state index in [1.807, 2.05) is 0 Å². The fourth-order valence-corrected chi connectivity index (χ4v) is 2.33. The Bertz CT molecular complexity index is 560. The van der Waals surface area contributed by atoms with Gasteiger partial charge in [0.2, 0.25) is 0 Å². The summed E-state index contributed by atoms with van der Waals surface area (Å²) in [6.07, 6.45) is -4.14. The van der Waals surface area contributed by atoms with Gasteiger partial charge < -0.3 is 15.3 Å². The first-order chi connectivity index (χ1) is 9.79. The first-order valence-corrected chi connectivity index (χ1v) is 6.21. The zero-order valence-corrected chi connectivity index (χ0v) is 10.9. The number of hydrogen-bond acceptors (Lipinski definition) is 2. The molecule has 2 rings (SSSR count). The van der Waals surface area contributed by atoms with Gasteiger partial charge in [0.15, 0.2) is 6.04 Å². The number of rotatable bonds is 2. The van der Waals surface area contributed by atoms with Gasteiger partial charge in [-0.05, 0) is 17.5 Å². The van der Waals surface area contributed by atoms with E-state index in [1.54, 1.807) is 29.6 Å². The van der Waals surface area contributed by atoms with Crippen molar-refractivity contribution in [2.75, 3.05) is 13.1 Å². The Balaban J connectivity index is 2.20. The number of benzene rings is 1. The van der Waals surface area contributed by atoms with Crippen LogP contribution in [0.5, 0.6) is 0 Å². The molecule has 0 spiro atoms. The molecule has 2 N–H and O–H groups in total. The number of alkyl halides is 3. The van der Waals surface area contributed by atoms with Gasteiger partial charge in [-0.2, -0.15) is 13.2 Å². The van der Waals surface area contributed by atoms with Crippen molar-refractivity contribution in [3.63, 3.8) is 0 Å². The summed E-state index contributed by atoms with van der Waals surface area (Å²) >= 11 is 0. The van der Waals surface area contributed by atoms with E-state index in [0.717, 1.165) is 10.5 Å². The van der Waals surface area contributed by atoms with Crippen molar-refractivity contribution in [3.05, 3.63) is 35.4 Å². The van der Waals surface area contributed by atoms with E-state index in [0.29, 0.717) is 12.0 Å². The van der Waals surface area contributed by atoms with Crippen LogP contribution in [0.3, 0.4) is 0 Å². The number of carbonyl (C=O) groups excluding carboxylic acids is 1. The van der Waals surface area contributed by atoms with Crippen molar-refractivity contribution in [2.24, 2.45) is 0 Å². The molecule has 8 heteroatoms. The summed E-state index contributed by atoms with van der Waals surface area (Å²) in [7, 11) is 0. The zero-order valence-electron chi connectivity index (χ0n) is 10.9. The Kier molecular flexibility index (Phi) is 4.06. The van der Waals surface area contributed by atoms with Crippen LogP contribution in [0.4, 0.5) is 18.0 Å². The Morgan fingerprint density at radius 3 is 2.62 bits per heavy atom. The quantitative estimate of drug-likeness (QED) is 0.877. The summed E-state index contributed by atoms with van der Waals surface area (Å²) in [5, 5.41) is 11.0. The first kappa shape index (κ1) is 15.1. The predicted molar refractivity (Wildman–Crippen MR) is 66.7 cm³/mol. The molecule has 1 aliphatic heterocycles. The molecule has 2 amide bonds. The maximum Gasteiger partial charge on any atom is 0.405 e. The van der Waals surface area contributed by atoms with E-state index in [4.69, 9.17) is 0 Å². The van der Waals surface area contributed by atoms with Crippen LogP contribution in [-0.2, 0) is 11.2 Å². The van der Waals surface area contributed by atoms with Crippen LogP contribution in [0.1, 0.15) is 17.2 Å². The van der Waals surface area contributed by atoms with Gasteiger partial charge in [0.1, 0.15) is 6.54 Å². The van der Waals surface area contributed by atoms with Crippen molar-refractivity contribution in [1.29, 1.82) is 0 Å². The number of amides is 2. The minimum Gasteiger partial charge on any atom is -0.479 e. The molecule has 114 valence electrons. The Morgan fingerprint density at radius 2 is 2.00 bits per heavy atom. The number of urea groups is 1. The molecule has 21 heavy (non-hydrogen) atoms. The Labute approximate surface area is 118 Å². The first-order valence-electron chi connectivity index (χ1n) is 6.21. The van der Waals surface area contributed by atoms with Crippen molar-refractivity contribution in [1.82, 2.24) is 10.2 Å². The lowest BCUT2D eigenvalue weighted by molar-refractivity contribution is -0.142. The molecule has 0 aliphatic carbocycles. The second-order valence-electron chi connectivity index (χ2n) is 4.66. The number of carboxylic acids is 1. The SMILES string of the molecule is O=C(O)C1c2ccccc2CCN1C(=O)NCC(F)(F)F. The summed E-state index contributed by atoms with van der Waals surface area (Å²) in [4.78, 5) is 24.1. The van der Waals surface area contributed by atoms with Crippen molar-refractivity contribution in [3.8, 4) is 0 Å². The normalized spacial score (nSPS) is 18.0. The molecule has 0 aromatic heterocycles. The number of nitrogens with one attached hydrogen (secondary N) is 1. The highest BCUT2D eigenvalue weighted by molar-refractivity contribution is 5.84.